The van der Waals surface area contributed by atoms with Crippen molar-refractivity contribution in [2.24, 2.45) is 5.73 Å². The number of nitrogens with two attached hydrogens (primary N) is 1. The second kappa shape index (κ2) is 8.60. The average Bonchev–Trinajstić information content (AvgIpc) is 2.38. The van der Waals surface area contributed by atoms with Crippen LogP contribution in [-0.4, -0.2) is 18.0 Å². The van der Waals surface area contributed by atoms with E-state index in [1.54, 1.807) is 36.4 Å². The highest BCUT2D eigenvalue weighted by molar-refractivity contribution is 5.94. The lowest BCUT2D eigenvalue weighted by molar-refractivity contribution is 0.0919. The Morgan fingerprint density at radius 1 is 1.29 bits per heavy atom. The van der Waals surface area contributed by atoms with E-state index in [2.05, 4.69) is 5.32 Å². The first-order chi connectivity index (χ1) is 9.35. The monoisotopic (exact) mass is 312 g/mol. The fourth-order valence-corrected chi connectivity index (χ4v) is 1.51. The van der Waals surface area contributed by atoms with Gasteiger partial charge in [-0.25, -0.2) is 4.39 Å². The van der Waals surface area contributed by atoms with Crippen LogP contribution in [0.3, 0.4) is 0 Å². The number of halogens is 2. The lowest BCUT2D eigenvalue weighted by atomic mass is 10.1. The van der Waals surface area contributed by atoms with Crippen LogP contribution in [0.25, 0.3) is 6.08 Å². The van der Waals surface area contributed by atoms with E-state index >= 15 is 0 Å². The van der Waals surface area contributed by atoms with Gasteiger partial charge in [-0.1, -0.05) is 24.3 Å². The van der Waals surface area contributed by atoms with E-state index < -0.39 is 0 Å². The molecular formula is C16H22ClFN2O. The summed E-state index contributed by atoms with van der Waals surface area (Å²) >= 11 is 0. The summed E-state index contributed by atoms with van der Waals surface area (Å²) in [6.45, 7) is 5.94. The van der Waals surface area contributed by atoms with Crippen LogP contribution in [-0.2, 0) is 0 Å². The molecule has 1 aromatic carbocycles. The molecule has 0 saturated carbocycles. The molecule has 21 heavy (non-hydrogen) atoms. The fourth-order valence-electron chi connectivity index (χ4n) is 1.51. The van der Waals surface area contributed by atoms with Crippen LogP contribution in [0, 0.1) is 0 Å². The number of amides is 1. The highest BCUT2D eigenvalue weighted by atomic mass is 35.5. The number of hydrogen-bond donors (Lipinski definition) is 2. The predicted molar refractivity (Wildman–Crippen MR) is 88.2 cm³/mol. The minimum absolute atomic E-state index is 0. The molecule has 0 atom stereocenters. The second-order valence-electron chi connectivity index (χ2n) is 5.55. The standard InChI is InChI=1S/C16H21FN2O.ClH/c1-16(2,3)19-15(20)14-8-6-12(7-9-14)4-5-13(10-17)11-18;/h4-10H,11,18H2,1-3H3,(H,19,20);1H/b5-4+,13-10-;. The number of benzene rings is 1. The fraction of sp³-hybridized carbons (Fsp3) is 0.312. The Morgan fingerprint density at radius 3 is 2.29 bits per heavy atom. The molecule has 0 spiro atoms. The van der Waals surface area contributed by atoms with Crippen LogP contribution >= 0.6 is 12.4 Å². The van der Waals surface area contributed by atoms with E-state index in [0.717, 1.165) is 5.56 Å². The third-order valence-corrected chi connectivity index (χ3v) is 2.53. The minimum Gasteiger partial charge on any atom is -0.347 e. The SMILES string of the molecule is CC(C)(C)NC(=O)c1ccc(/C=C/C(=C/F)CN)cc1.Cl. The van der Waals surface area contributed by atoms with Crippen molar-refractivity contribution < 1.29 is 9.18 Å². The molecule has 0 saturated heterocycles. The highest BCUT2D eigenvalue weighted by Crippen LogP contribution is 2.09. The molecule has 0 bridgehead atoms. The first-order valence-electron chi connectivity index (χ1n) is 6.45. The summed E-state index contributed by atoms with van der Waals surface area (Å²) in [7, 11) is 0. The van der Waals surface area contributed by atoms with Crippen LogP contribution < -0.4 is 11.1 Å². The summed E-state index contributed by atoms with van der Waals surface area (Å²) in [4.78, 5) is 11.9. The lowest BCUT2D eigenvalue weighted by Crippen LogP contribution is -2.40. The van der Waals surface area contributed by atoms with Gasteiger partial charge in [0.05, 0.1) is 6.33 Å². The molecule has 0 heterocycles. The topological polar surface area (TPSA) is 55.1 Å². The maximum absolute atomic E-state index is 12.3. The molecule has 116 valence electrons. The van der Waals surface area contributed by atoms with E-state index in [9.17, 15) is 9.18 Å². The molecule has 1 amide bonds. The molecular weight excluding hydrogens is 291 g/mol. The summed E-state index contributed by atoms with van der Waals surface area (Å²) in [6, 6.07) is 7.09. The zero-order valence-corrected chi connectivity index (χ0v) is 13.3. The Kier molecular flexibility index (Phi) is 7.92. The zero-order chi connectivity index (χ0) is 15.2. The Morgan fingerprint density at radius 2 is 1.86 bits per heavy atom. The van der Waals surface area contributed by atoms with E-state index in [4.69, 9.17) is 5.73 Å². The van der Waals surface area contributed by atoms with E-state index in [1.165, 1.54) is 0 Å². The molecule has 0 aliphatic heterocycles. The Labute approximate surface area is 131 Å². The van der Waals surface area contributed by atoms with Gasteiger partial charge in [-0.15, -0.1) is 12.4 Å². The molecule has 1 rings (SSSR count). The third kappa shape index (κ3) is 7.06. The lowest BCUT2D eigenvalue weighted by Gasteiger charge is -2.20. The van der Waals surface area contributed by atoms with Crippen molar-refractivity contribution in [3.8, 4) is 0 Å². The van der Waals surface area contributed by atoms with Gasteiger partial charge in [0.25, 0.3) is 5.91 Å². The number of carbonyl (C=O) groups is 1. The van der Waals surface area contributed by atoms with Crippen LogP contribution in [0.15, 0.2) is 42.2 Å². The molecule has 5 heteroatoms. The normalized spacial score (nSPS) is 12.1. The maximum atomic E-state index is 12.3. The van der Waals surface area contributed by atoms with Crippen LogP contribution in [0.2, 0.25) is 0 Å². The molecule has 0 unspecified atom stereocenters. The maximum Gasteiger partial charge on any atom is 0.251 e. The van der Waals surface area contributed by atoms with Crippen LogP contribution in [0.5, 0.6) is 0 Å². The summed E-state index contributed by atoms with van der Waals surface area (Å²) in [5.41, 5.74) is 6.98. The van der Waals surface area contributed by atoms with Crippen molar-refractivity contribution in [2.75, 3.05) is 6.54 Å². The first kappa shape index (κ1) is 19.4. The smallest absolute Gasteiger partial charge is 0.251 e. The molecule has 1 aromatic rings. The third-order valence-electron chi connectivity index (χ3n) is 2.53. The molecule has 3 nitrogen and oxygen atoms in total. The highest BCUT2D eigenvalue weighted by Gasteiger charge is 2.14. The van der Waals surface area contributed by atoms with Gasteiger partial charge in [0.1, 0.15) is 0 Å². The van der Waals surface area contributed by atoms with Gasteiger partial charge in [-0.05, 0) is 44.0 Å². The van der Waals surface area contributed by atoms with Crippen molar-refractivity contribution in [1.82, 2.24) is 5.32 Å². The van der Waals surface area contributed by atoms with Gasteiger partial charge < -0.3 is 11.1 Å². The van der Waals surface area contributed by atoms with Crippen LogP contribution in [0.1, 0.15) is 36.7 Å². The summed E-state index contributed by atoms with van der Waals surface area (Å²) in [5.74, 6) is -0.112. The Bertz CT molecular complexity index is 516. The van der Waals surface area contributed by atoms with Gasteiger partial charge in [-0.3, -0.25) is 4.79 Å². The van der Waals surface area contributed by atoms with E-state index in [-0.39, 0.29) is 30.4 Å². The average molecular weight is 313 g/mol. The van der Waals surface area contributed by atoms with Gasteiger partial charge in [-0.2, -0.15) is 0 Å². The van der Waals surface area contributed by atoms with Crippen LogP contribution in [0.4, 0.5) is 4.39 Å². The zero-order valence-electron chi connectivity index (χ0n) is 12.5. The van der Waals surface area contributed by atoms with E-state index in [0.29, 0.717) is 17.5 Å². The first-order valence-corrected chi connectivity index (χ1v) is 6.45. The minimum atomic E-state index is -0.266. The Hall–Kier alpha value is -1.65. The van der Waals surface area contributed by atoms with Crippen molar-refractivity contribution in [3.63, 3.8) is 0 Å². The second-order valence-corrected chi connectivity index (χ2v) is 5.55. The Balaban J connectivity index is 0.00000400. The largest absolute Gasteiger partial charge is 0.347 e. The van der Waals surface area contributed by atoms with Crippen molar-refractivity contribution in [1.29, 1.82) is 0 Å². The van der Waals surface area contributed by atoms with Crippen molar-refractivity contribution >= 4 is 24.4 Å². The van der Waals surface area contributed by atoms with Crippen molar-refractivity contribution in [2.45, 2.75) is 26.3 Å². The number of nitrogens with one attached hydrogen (secondary N) is 1. The number of carbonyl (C=O) groups excluding carboxylic acids is 1. The molecule has 0 aliphatic carbocycles. The molecule has 0 radical (unpaired) electrons. The summed E-state index contributed by atoms with van der Waals surface area (Å²) < 4.78 is 12.3. The van der Waals surface area contributed by atoms with Gasteiger partial charge >= 0.3 is 0 Å². The summed E-state index contributed by atoms with van der Waals surface area (Å²) in [5, 5.41) is 2.89. The van der Waals surface area contributed by atoms with Gasteiger partial charge in [0.15, 0.2) is 0 Å². The molecule has 0 fully saturated rings. The number of hydrogen-bond acceptors (Lipinski definition) is 2. The van der Waals surface area contributed by atoms with Crippen molar-refractivity contribution in [3.05, 3.63) is 53.4 Å². The molecule has 0 aromatic heterocycles. The number of rotatable bonds is 4. The summed E-state index contributed by atoms with van der Waals surface area (Å²) in [6.07, 6.45) is 3.86. The van der Waals surface area contributed by atoms with E-state index in [1.807, 2.05) is 20.8 Å². The van der Waals surface area contributed by atoms with Gasteiger partial charge in [0.2, 0.25) is 0 Å². The van der Waals surface area contributed by atoms with Gasteiger partial charge in [0, 0.05) is 17.6 Å². The molecule has 3 N–H and O–H groups in total. The predicted octanol–water partition coefficient (Wildman–Crippen LogP) is 3.46. The molecule has 0 aliphatic rings. The quantitative estimate of drug-likeness (QED) is 0.837.